The molecule has 9 aromatic rings. The minimum absolute atomic E-state index is 0.166. The summed E-state index contributed by atoms with van der Waals surface area (Å²) in [7, 11) is -1.74. The molecule has 3 aromatic heterocycles. The zero-order chi connectivity index (χ0) is 43.3. The molecule has 0 saturated carbocycles. The summed E-state index contributed by atoms with van der Waals surface area (Å²) in [5.74, 6) is 2.23. The van der Waals surface area contributed by atoms with E-state index in [1.807, 2.05) is 0 Å². The van der Waals surface area contributed by atoms with Crippen LogP contribution in [-0.4, -0.2) is 12.6 Å². The molecule has 0 bridgehead atoms. The molecule has 2 unspecified atom stereocenters. The van der Waals surface area contributed by atoms with Crippen LogP contribution in [0.1, 0.15) is 86.6 Å². The lowest BCUT2D eigenvalue weighted by atomic mass is 9.76. The van der Waals surface area contributed by atoms with Crippen molar-refractivity contribution in [3.8, 4) is 39.5 Å². The van der Waals surface area contributed by atoms with Crippen molar-refractivity contribution in [2.24, 2.45) is 0 Å². The molecular weight excluding hydrogens is 783 g/mol. The molecule has 0 N–H and O–H groups in total. The van der Waals surface area contributed by atoms with Crippen LogP contribution >= 0.6 is 0 Å². The summed E-state index contributed by atoms with van der Waals surface area (Å²) in [5.41, 5.74) is 18.2. The van der Waals surface area contributed by atoms with E-state index in [1.54, 1.807) is 5.19 Å². The number of hydrogen-bond donors (Lipinski definition) is 0. The molecule has 312 valence electrons. The predicted octanol–water partition coefficient (Wildman–Crippen LogP) is 14.0. The van der Waals surface area contributed by atoms with Gasteiger partial charge in [-0.25, -0.2) is 0 Å². The van der Waals surface area contributed by atoms with Crippen LogP contribution < -0.4 is 14.3 Å². The second-order valence-corrected chi connectivity index (χ2v) is 24.8. The molecule has 0 radical (unpaired) electrons. The monoisotopic (exact) mass is 839 g/mol. The van der Waals surface area contributed by atoms with Gasteiger partial charge in [0.1, 0.15) is 22.5 Å². The first-order valence-electron chi connectivity index (χ1n) is 23.0. The molecule has 0 spiro atoms. The maximum atomic E-state index is 7.06. The molecular formula is C58H57N3OSi+2. The minimum atomic E-state index is -1.74. The predicted molar refractivity (Wildman–Crippen MR) is 265 cm³/mol. The smallest absolute Gasteiger partial charge is 0.304 e. The second-order valence-electron chi connectivity index (χ2n) is 19.8. The SMILES string of the molecule is C=C1CC2C(CCc3ccc4c(oc5ccccc54)c3-c3n1c1ccccc1[n+]3-c1cccc(-c3ccccc3)c1)c1cc(C(C)C)ccc1-c1cc(C(C)C)c([Si](C)(C)C)c[n+]12. The van der Waals surface area contributed by atoms with E-state index in [2.05, 4.69) is 207 Å². The van der Waals surface area contributed by atoms with Crippen LogP contribution in [0.15, 0.2) is 157 Å². The van der Waals surface area contributed by atoms with Gasteiger partial charge in [0.2, 0.25) is 5.69 Å². The zero-order valence-corrected chi connectivity index (χ0v) is 38.7. The summed E-state index contributed by atoms with van der Waals surface area (Å²) >= 11 is 0. The van der Waals surface area contributed by atoms with Crippen LogP contribution in [0.3, 0.4) is 0 Å². The number of nitrogens with zero attached hydrogens (tertiary/aromatic N) is 3. The van der Waals surface area contributed by atoms with Gasteiger partial charge in [0.25, 0.3) is 0 Å². The van der Waals surface area contributed by atoms with Gasteiger partial charge in [-0.15, -0.1) is 0 Å². The van der Waals surface area contributed by atoms with Crippen LogP contribution in [0.5, 0.6) is 0 Å². The maximum Gasteiger partial charge on any atom is 0.304 e. The Bertz CT molecular complexity index is 3290. The second kappa shape index (κ2) is 14.9. The Balaban J connectivity index is 1.23. The molecule has 5 heteroatoms. The number of allylic oxidation sites excluding steroid dienone is 1. The van der Waals surface area contributed by atoms with Gasteiger partial charge in [0.15, 0.2) is 28.9 Å². The van der Waals surface area contributed by atoms with Gasteiger partial charge < -0.3 is 4.42 Å². The zero-order valence-electron chi connectivity index (χ0n) is 37.7. The van der Waals surface area contributed by atoms with Gasteiger partial charge in [-0.1, -0.05) is 151 Å². The number of benzene rings is 6. The third kappa shape index (κ3) is 6.38. The largest absolute Gasteiger partial charge is 0.455 e. The molecule has 0 amide bonds. The third-order valence-corrected chi connectivity index (χ3v) is 16.2. The first-order chi connectivity index (χ1) is 30.5. The van der Waals surface area contributed by atoms with Gasteiger partial charge in [-0.2, -0.15) is 13.7 Å². The Morgan fingerprint density at radius 2 is 1.49 bits per heavy atom. The molecule has 0 aliphatic carbocycles. The van der Waals surface area contributed by atoms with Gasteiger partial charge in [-0.3, -0.25) is 0 Å². The van der Waals surface area contributed by atoms with E-state index in [0.717, 1.165) is 75.0 Å². The van der Waals surface area contributed by atoms with E-state index in [1.165, 1.54) is 44.6 Å². The fourth-order valence-corrected chi connectivity index (χ4v) is 12.8. The van der Waals surface area contributed by atoms with Crippen LogP contribution in [0, 0.1) is 0 Å². The van der Waals surface area contributed by atoms with E-state index >= 15 is 0 Å². The first-order valence-corrected chi connectivity index (χ1v) is 26.5. The minimum Gasteiger partial charge on any atom is -0.455 e. The van der Waals surface area contributed by atoms with Gasteiger partial charge in [0, 0.05) is 33.5 Å². The Morgan fingerprint density at radius 1 is 0.730 bits per heavy atom. The fraction of sp³-hybridized carbons (Fsp3) is 0.241. The van der Waals surface area contributed by atoms with Gasteiger partial charge >= 0.3 is 5.82 Å². The van der Waals surface area contributed by atoms with E-state index in [-0.39, 0.29) is 12.0 Å². The molecule has 2 aliphatic rings. The topological polar surface area (TPSA) is 25.8 Å². The van der Waals surface area contributed by atoms with Crippen molar-refractivity contribution in [2.45, 2.75) is 90.4 Å². The molecule has 0 fully saturated rings. The molecule has 2 aliphatic heterocycles. The summed E-state index contributed by atoms with van der Waals surface area (Å²) in [6.07, 6.45) is 5.28. The summed E-state index contributed by atoms with van der Waals surface area (Å²) in [5, 5.41) is 3.84. The Labute approximate surface area is 372 Å². The van der Waals surface area contributed by atoms with Crippen molar-refractivity contribution in [3.63, 3.8) is 0 Å². The lowest BCUT2D eigenvalue weighted by molar-refractivity contribution is -0.716. The number of pyridine rings is 1. The molecule has 11 rings (SSSR count). The highest BCUT2D eigenvalue weighted by Gasteiger charge is 2.45. The van der Waals surface area contributed by atoms with E-state index in [4.69, 9.17) is 11.0 Å². The Kier molecular flexibility index (Phi) is 9.36. The highest BCUT2D eigenvalue weighted by molar-refractivity contribution is 6.89. The lowest BCUT2D eigenvalue weighted by Gasteiger charge is -2.34. The number of imidazole rings is 1. The Hall–Kier alpha value is -6.30. The average molecular weight is 840 g/mol. The number of aryl methyl sites for hydroxylation is 1. The molecule has 4 nitrogen and oxygen atoms in total. The van der Waals surface area contributed by atoms with E-state index in [9.17, 15) is 0 Å². The first kappa shape index (κ1) is 39.5. The fourth-order valence-electron chi connectivity index (χ4n) is 11.0. The molecule has 2 atom stereocenters. The van der Waals surface area contributed by atoms with Crippen molar-refractivity contribution in [1.82, 2.24) is 4.57 Å². The Morgan fingerprint density at radius 3 is 2.29 bits per heavy atom. The van der Waals surface area contributed by atoms with Crippen LogP contribution in [0.2, 0.25) is 19.6 Å². The van der Waals surface area contributed by atoms with Crippen molar-refractivity contribution in [2.75, 3.05) is 0 Å². The third-order valence-electron chi connectivity index (χ3n) is 14.2. The molecule has 0 saturated heterocycles. The van der Waals surface area contributed by atoms with Crippen molar-refractivity contribution < 1.29 is 13.6 Å². The number of furan rings is 1. The number of aromatic nitrogens is 3. The number of rotatable bonds is 5. The van der Waals surface area contributed by atoms with Crippen LogP contribution in [0.25, 0.3) is 78.1 Å². The highest BCUT2D eigenvalue weighted by Crippen LogP contribution is 2.48. The van der Waals surface area contributed by atoms with Gasteiger partial charge in [0.05, 0.1) is 14.5 Å². The average Bonchev–Trinajstić information content (AvgIpc) is 3.84. The number of para-hydroxylation sites is 3. The quantitative estimate of drug-likeness (QED) is 0.125. The van der Waals surface area contributed by atoms with Crippen LogP contribution in [-0.2, 0) is 6.42 Å². The number of hydrogen-bond acceptors (Lipinski definition) is 1. The van der Waals surface area contributed by atoms with E-state index < -0.39 is 8.07 Å². The number of fused-ring (bicyclic) bond motifs is 15. The van der Waals surface area contributed by atoms with Crippen molar-refractivity contribution >= 4 is 51.9 Å². The van der Waals surface area contributed by atoms with Crippen molar-refractivity contribution in [1.29, 1.82) is 0 Å². The van der Waals surface area contributed by atoms with Gasteiger partial charge in [-0.05, 0) is 94.5 Å². The molecule has 63 heavy (non-hydrogen) atoms. The summed E-state index contributed by atoms with van der Waals surface area (Å²) in [4.78, 5) is 0. The highest BCUT2D eigenvalue weighted by atomic mass is 28.3. The standard InChI is InChI=1S/C58H57N3OSi/c1-36(2)41-27-29-45-49(33-41)44-28-25-40-26-30-47-46-21-12-15-24-54(46)62-57(47)56(40)58-60(38(5)31-52(44)59-35-55(63(6,7)8)48(37(3)4)34-53(45)59)50-22-13-14-23-51(50)61(58)43-20-16-19-42(32-43)39-17-10-9-11-18-39/h9-24,26-27,29-30,32-37,44,52H,5,25,28,31H2,1-4,6-8H3/q+2. The lowest BCUT2D eigenvalue weighted by Crippen LogP contribution is -2.54. The van der Waals surface area contributed by atoms with Crippen molar-refractivity contribution in [3.05, 3.63) is 175 Å². The normalized spacial score (nSPS) is 16.3. The van der Waals surface area contributed by atoms with Crippen LogP contribution in [0.4, 0.5) is 0 Å². The maximum absolute atomic E-state index is 7.06. The summed E-state index contributed by atoms with van der Waals surface area (Å²) in [6, 6.07) is 52.0. The molecule has 5 heterocycles. The van der Waals surface area contributed by atoms with E-state index in [0.29, 0.717) is 11.8 Å². The molecule has 6 aromatic carbocycles. The summed E-state index contributed by atoms with van der Waals surface area (Å²) in [6.45, 7) is 22.1. The summed E-state index contributed by atoms with van der Waals surface area (Å²) < 4.78 is 14.8.